The fourth-order valence-corrected chi connectivity index (χ4v) is 2.40. The summed E-state index contributed by atoms with van der Waals surface area (Å²) in [4.78, 5) is 0. The number of unbranched alkanes of at least 4 members (excludes halogenated alkanes) is 1. The molecule has 21 heavy (non-hydrogen) atoms. The summed E-state index contributed by atoms with van der Waals surface area (Å²) in [6.07, 6.45) is 5.25. The van der Waals surface area contributed by atoms with Crippen LogP contribution in [0.1, 0.15) is 44.1 Å². The van der Waals surface area contributed by atoms with Crippen molar-refractivity contribution in [3.05, 3.63) is 54.0 Å². The van der Waals surface area contributed by atoms with E-state index < -0.39 is 0 Å². The highest BCUT2D eigenvalue weighted by Crippen LogP contribution is 2.14. The van der Waals surface area contributed by atoms with Gasteiger partial charge in [0.05, 0.1) is 12.3 Å². The fourth-order valence-electron chi connectivity index (χ4n) is 2.11. The first-order valence-electron chi connectivity index (χ1n) is 7.39. The van der Waals surface area contributed by atoms with Crippen molar-refractivity contribution in [2.75, 3.05) is 5.32 Å². The Kier molecular flexibility index (Phi) is 5.81. The summed E-state index contributed by atoms with van der Waals surface area (Å²) >= 11 is 5.33. The molecule has 2 aromatic rings. The van der Waals surface area contributed by atoms with Crippen LogP contribution in [0.15, 0.2) is 47.1 Å². The van der Waals surface area contributed by atoms with Crippen LogP contribution in [-0.4, -0.2) is 5.11 Å². The van der Waals surface area contributed by atoms with Gasteiger partial charge in [0.15, 0.2) is 5.11 Å². The Morgan fingerprint density at radius 2 is 2.00 bits per heavy atom. The fraction of sp³-hybridized carbons (Fsp3) is 0.353. The second-order valence-electron chi connectivity index (χ2n) is 5.14. The zero-order chi connectivity index (χ0) is 15.1. The van der Waals surface area contributed by atoms with Crippen molar-refractivity contribution in [1.29, 1.82) is 0 Å². The number of aryl methyl sites for hydroxylation is 1. The van der Waals surface area contributed by atoms with Crippen molar-refractivity contribution >= 4 is 23.0 Å². The summed E-state index contributed by atoms with van der Waals surface area (Å²) in [5.41, 5.74) is 2.37. The highest BCUT2D eigenvalue weighted by atomic mass is 32.1. The van der Waals surface area contributed by atoms with E-state index in [-0.39, 0.29) is 6.04 Å². The second-order valence-corrected chi connectivity index (χ2v) is 5.54. The smallest absolute Gasteiger partial charge is 0.171 e. The third-order valence-corrected chi connectivity index (χ3v) is 3.57. The lowest BCUT2D eigenvalue weighted by Crippen LogP contribution is -2.30. The zero-order valence-corrected chi connectivity index (χ0v) is 13.4. The number of furan rings is 1. The summed E-state index contributed by atoms with van der Waals surface area (Å²) < 4.78 is 5.35. The topological polar surface area (TPSA) is 37.2 Å². The zero-order valence-electron chi connectivity index (χ0n) is 12.6. The molecule has 1 atom stereocenters. The van der Waals surface area contributed by atoms with E-state index in [1.54, 1.807) is 6.26 Å². The maximum Gasteiger partial charge on any atom is 0.171 e. The molecule has 0 radical (unpaired) electrons. The molecule has 0 amide bonds. The van der Waals surface area contributed by atoms with Gasteiger partial charge in [-0.05, 0) is 61.8 Å². The minimum atomic E-state index is 0.0452. The van der Waals surface area contributed by atoms with Crippen molar-refractivity contribution < 1.29 is 4.42 Å². The van der Waals surface area contributed by atoms with E-state index >= 15 is 0 Å². The first kappa shape index (κ1) is 15.6. The van der Waals surface area contributed by atoms with Crippen molar-refractivity contribution in [3.63, 3.8) is 0 Å². The third kappa shape index (κ3) is 4.90. The van der Waals surface area contributed by atoms with Gasteiger partial charge in [0.2, 0.25) is 0 Å². The molecule has 0 saturated heterocycles. The van der Waals surface area contributed by atoms with Crippen LogP contribution in [0.5, 0.6) is 0 Å². The molecule has 4 heteroatoms. The Bertz CT molecular complexity index is 549. The predicted molar refractivity (Wildman–Crippen MR) is 91.5 cm³/mol. The Morgan fingerprint density at radius 1 is 1.24 bits per heavy atom. The minimum Gasteiger partial charge on any atom is -0.467 e. The quantitative estimate of drug-likeness (QED) is 0.760. The molecule has 0 aliphatic carbocycles. The van der Waals surface area contributed by atoms with Crippen LogP contribution in [0.3, 0.4) is 0 Å². The van der Waals surface area contributed by atoms with Gasteiger partial charge in [-0.2, -0.15) is 0 Å². The lowest BCUT2D eigenvalue weighted by Gasteiger charge is -2.15. The van der Waals surface area contributed by atoms with E-state index in [0.29, 0.717) is 5.11 Å². The largest absolute Gasteiger partial charge is 0.467 e. The van der Waals surface area contributed by atoms with E-state index in [0.717, 1.165) is 17.9 Å². The number of thiocarbonyl (C=S) groups is 1. The maximum absolute atomic E-state index is 5.35. The molecular weight excluding hydrogens is 280 g/mol. The van der Waals surface area contributed by atoms with Crippen LogP contribution < -0.4 is 10.6 Å². The second kappa shape index (κ2) is 7.84. The van der Waals surface area contributed by atoms with Gasteiger partial charge in [-0.1, -0.05) is 25.5 Å². The van der Waals surface area contributed by atoms with Crippen LogP contribution >= 0.6 is 12.2 Å². The van der Waals surface area contributed by atoms with Crippen molar-refractivity contribution in [2.24, 2.45) is 0 Å². The van der Waals surface area contributed by atoms with Gasteiger partial charge in [-0.25, -0.2) is 0 Å². The number of nitrogens with one attached hydrogen (secondary N) is 2. The molecule has 1 aromatic carbocycles. The summed E-state index contributed by atoms with van der Waals surface area (Å²) in [5.74, 6) is 0.870. The normalized spacial score (nSPS) is 11.9. The Morgan fingerprint density at radius 3 is 2.62 bits per heavy atom. The molecule has 3 nitrogen and oxygen atoms in total. The monoisotopic (exact) mass is 302 g/mol. The molecule has 1 heterocycles. The lowest BCUT2D eigenvalue weighted by molar-refractivity contribution is 0.464. The average molecular weight is 302 g/mol. The SMILES string of the molecule is CCCCc1ccc(NC(=S)N[C@H](C)c2ccco2)cc1. The van der Waals surface area contributed by atoms with Crippen molar-refractivity contribution in [2.45, 2.75) is 39.2 Å². The minimum absolute atomic E-state index is 0.0452. The third-order valence-electron chi connectivity index (χ3n) is 3.35. The first-order chi connectivity index (χ1) is 10.2. The van der Waals surface area contributed by atoms with Crippen molar-refractivity contribution in [1.82, 2.24) is 5.32 Å². The molecule has 2 N–H and O–H groups in total. The van der Waals surface area contributed by atoms with Crippen LogP contribution in [0.2, 0.25) is 0 Å². The van der Waals surface area contributed by atoms with Crippen molar-refractivity contribution in [3.8, 4) is 0 Å². The van der Waals surface area contributed by atoms with E-state index in [1.165, 1.54) is 18.4 Å². The van der Waals surface area contributed by atoms with Crippen LogP contribution in [0, 0.1) is 0 Å². The van der Waals surface area contributed by atoms with Gasteiger partial charge in [-0.3, -0.25) is 0 Å². The summed E-state index contributed by atoms with van der Waals surface area (Å²) in [6, 6.07) is 12.3. The van der Waals surface area contributed by atoms with Gasteiger partial charge in [0.25, 0.3) is 0 Å². The Balaban J connectivity index is 1.84. The standard InChI is InChI=1S/C17H22N2OS/c1-3-4-6-14-8-10-15(11-9-14)19-17(21)18-13(2)16-7-5-12-20-16/h5,7-13H,3-4,6H2,1-2H3,(H2,18,19,21)/t13-/m1/s1. The lowest BCUT2D eigenvalue weighted by atomic mass is 10.1. The number of benzene rings is 1. The average Bonchev–Trinajstić information content (AvgIpc) is 3.01. The highest BCUT2D eigenvalue weighted by molar-refractivity contribution is 7.80. The summed E-state index contributed by atoms with van der Waals surface area (Å²) in [6.45, 7) is 4.22. The van der Waals surface area contributed by atoms with Gasteiger partial charge >= 0.3 is 0 Å². The van der Waals surface area contributed by atoms with Gasteiger partial charge < -0.3 is 15.1 Å². The molecule has 0 saturated carbocycles. The first-order valence-corrected chi connectivity index (χ1v) is 7.79. The van der Waals surface area contributed by atoms with E-state index in [9.17, 15) is 0 Å². The molecule has 0 bridgehead atoms. The van der Waals surface area contributed by atoms with Gasteiger partial charge in [0.1, 0.15) is 5.76 Å². The van der Waals surface area contributed by atoms with Gasteiger partial charge in [0, 0.05) is 5.69 Å². The van der Waals surface area contributed by atoms with E-state index in [1.807, 2.05) is 19.1 Å². The number of anilines is 1. The highest BCUT2D eigenvalue weighted by Gasteiger charge is 2.09. The maximum atomic E-state index is 5.35. The summed E-state index contributed by atoms with van der Waals surface area (Å²) in [7, 11) is 0. The Labute approximate surface area is 131 Å². The molecule has 0 fully saturated rings. The molecule has 0 aliphatic heterocycles. The molecule has 0 aliphatic rings. The molecule has 2 rings (SSSR count). The number of hydrogen-bond donors (Lipinski definition) is 2. The van der Waals surface area contributed by atoms with Crippen LogP contribution in [-0.2, 0) is 6.42 Å². The summed E-state index contributed by atoms with van der Waals surface area (Å²) in [5, 5.41) is 7.00. The predicted octanol–water partition coefficient (Wildman–Crippen LogP) is 4.67. The van der Waals surface area contributed by atoms with E-state index in [4.69, 9.17) is 16.6 Å². The number of rotatable bonds is 6. The Hall–Kier alpha value is -1.81. The van der Waals surface area contributed by atoms with E-state index in [2.05, 4.69) is 41.8 Å². The van der Waals surface area contributed by atoms with Crippen LogP contribution in [0.25, 0.3) is 0 Å². The molecule has 1 aromatic heterocycles. The van der Waals surface area contributed by atoms with Gasteiger partial charge in [-0.15, -0.1) is 0 Å². The molecule has 0 unspecified atom stereocenters. The molecule has 112 valence electrons. The van der Waals surface area contributed by atoms with Crippen LogP contribution in [0.4, 0.5) is 5.69 Å². The number of hydrogen-bond acceptors (Lipinski definition) is 2. The molecule has 0 spiro atoms. The molecular formula is C17H22N2OS.